The summed E-state index contributed by atoms with van der Waals surface area (Å²) in [5, 5.41) is 2.52. The number of nitrogens with one attached hydrogen (secondary N) is 1. The number of rotatable bonds is 4. The van der Waals surface area contributed by atoms with Crippen LogP contribution in [-0.2, 0) is 15.0 Å². The molecule has 3 rings (SSSR count). The van der Waals surface area contributed by atoms with Gasteiger partial charge in [-0.2, -0.15) is 0 Å². The molecule has 24 heavy (non-hydrogen) atoms. The minimum atomic E-state index is -0.557. The standard InChI is InChI=1S/C17H19N3O4/c1-11-8-12(4-5-14(11)17(18-2)6-7-17)20-10-13(24-16(20)22)9-19-15(21)23-3/h4-5,8,13H,6-7,9-10H2,1,3H3,(H,19,21)/t13-/m0/s1. The lowest BCUT2D eigenvalue weighted by Gasteiger charge is -2.16. The molecule has 1 N–H and O–H groups in total. The molecule has 7 nitrogen and oxygen atoms in total. The molecular weight excluding hydrogens is 310 g/mol. The molecule has 1 aromatic carbocycles. The SMILES string of the molecule is [C-]#[N+]C1(c2ccc(N3C[C@H](CNC(=O)OC)OC3=O)cc2C)CC1. The Morgan fingerprint density at radius 2 is 2.29 bits per heavy atom. The van der Waals surface area contributed by atoms with E-state index >= 15 is 0 Å². The number of carbonyl (C=O) groups excluding carboxylic acids is 2. The van der Waals surface area contributed by atoms with Gasteiger partial charge >= 0.3 is 12.2 Å². The number of nitrogens with zero attached hydrogens (tertiary/aromatic N) is 2. The number of cyclic esters (lactones) is 1. The summed E-state index contributed by atoms with van der Waals surface area (Å²) in [6.07, 6.45) is 0.367. The number of carbonyl (C=O) groups is 2. The Bertz CT molecular complexity index is 721. The number of anilines is 1. The van der Waals surface area contributed by atoms with Crippen molar-refractivity contribution in [3.05, 3.63) is 40.7 Å². The number of ether oxygens (including phenoxy) is 2. The predicted molar refractivity (Wildman–Crippen MR) is 86.7 cm³/mol. The molecule has 1 aliphatic heterocycles. The molecule has 1 atom stereocenters. The molecule has 0 bridgehead atoms. The van der Waals surface area contributed by atoms with Crippen molar-refractivity contribution in [3.63, 3.8) is 0 Å². The quantitative estimate of drug-likeness (QED) is 0.862. The van der Waals surface area contributed by atoms with Crippen molar-refractivity contribution in [3.8, 4) is 0 Å². The Hall–Kier alpha value is -2.75. The van der Waals surface area contributed by atoms with E-state index < -0.39 is 18.3 Å². The number of alkyl carbamates (subject to hydrolysis) is 1. The van der Waals surface area contributed by atoms with E-state index in [9.17, 15) is 9.59 Å². The molecule has 7 heteroatoms. The molecule has 2 amide bonds. The molecule has 0 spiro atoms. The van der Waals surface area contributed by atoms with E-state index in [2.05, 4.69) is 14.9 Å². The third kappa shape index (κ3) is 2.87. The van der Waals surface area contributed by atoms with E-state index in [1.54, 1.807) is 0 Å². The highest BCUT2D eigenvalue weighted by molar-refractivity contribution is 5.90. The summed E-state index contributed by atoms with van der Waals surface area (Å²) in [4.78, 5) is 28.5. The highest BCUT2D eigenvalue weighted by Gasteiger charge is 2.53. The Labute approximate surface area is 140 Å². The number of aryl methyl sites for hydroxylation is 1. The maximum Gasteiger partial charge on any atom is 0.414 e. The van der Waals surface area contributed by atoms with Crippen LogP contribution in [0.25, 0.3) is 4.85 Å². The van der Waals surface area contributed by atoms with Gasteiger partial charge in [-0.3, -0.25) is 4.90 Å². The fraction of sp³-hybridized carbons (Fsp3) is 0.471. The summed E-state index contributed by atoms with van der Waals surface area (Å²) in [5.74, 6) is 0. The lowest BCUT2D eigenvalue weighted by Crippen LogP contribution is -2.34. The summed E-state index contributed by atoms with van der Waals surface area (Å²) < 4.78 is 9.76. The minimum absolute atomic E-state index is 0.201. The van der Waals surface area contributed by atoms with Gasteiger partial charge < -0.3 is 19.6 Å². The van der Waals surface area contributed by atoms with Crippen LogP contribution in [0.5, 0.6) is 0 Å². The zero-order chi connectivity index (χ0) is 17.3. The minimum Gasteiger partial charge on any atom is -0.453 e. The molecule has 0 unspecified atom stereocenters. The van der Waals surface area contributed by atoms with Crippen molar-refractivity contribution in [1.29, 1.82) is 0 Å². The highest BCUT2D eigenvalue weighted by Crippen LogP contribution is 2.51. The molecule has 1 saturated carbocycles. The second-order valence-corrected chi connectivity index (χ2v) is 6.13. The fourth-order valence-corrected chi connectivity index (χ4v) is 3.01. The predicted octanol–water partition coefficient (Wildman–Crippen LogP) is 2.58. The summed E-state index contributed by atoms with van der Waals surface area (Å²) in [7, 11) is 1.28. The van der Waals surface area contributed by atoms with Gasteiger partial charge in [-0.05, 0) is 30.7 Å². The van der Waals surface area contributed by atoms with E-state index in [0.29, 0.717) is 6.54 Å². The summed E-state index contributed by atoms with van der Waals surface area (Å²) in [6.45, 7) is 9.89. The number of benzene rings is 1. The van der Waals surface area contributed by atoms with Gasteiger partial charge in [0, 0.05) is 24.1 Å². The summed E-state index contributed by atoms with van der Waals surface area (Å²) >= 11 is 0. The van der Waals surface area contributed by atoms with Crippen molar-refractivity contribution >= 4 is 17.9 Å². The van der Waals surface area contributed by atoms with E-state index in [1.807, 2.05) is 25.1 Å². The van der Waals surface area contributed by atoms with Crippen LogP contribution in [-0.4, -0.2) is 38.5 Å². The van der Waals surface area contributed by atoms with Gasteiger partial charge in [-0.25, -0.2) is 16.2 Å². The lowest BCUT2D eigenvalue weighted by atomic mass is 9.99. The smallest absolute Gasteiger partial charge is 0.414 e. The van der Waals surface area contributed by atoms with E-state index in [1.165, 1.54) is 12.0 Å². The van der Waals surface area contributed by atoms with Crippen molar-refractivity contribution < 1.29 is 19.1 Å². The highest BCUT2D eigenvalue weighted by atomic mass is 16.6. The van der Waals surface area contributed by atoms with Gasteiger partial charge in [-0.1, -0.05) is 0 Å². The first-order valence-electron chi connectivity index (χ1n) is 7.79. The van der Waals surface area contributed by atoms with Crippen molar-refractivity contribution in [2.45, 2.75) is 31.4 Å². The largest absolute Gasteiger partial charge is 0.453 e. The van der Waals surface area contributed by atoms with Gasteiger partial charge in [0.15, 0.2) is 0 Å². The average Bonchev–Trinajstić information content (AvgIpc) is 3.29. The molecule has 1 aliphatic carbocycles. The number of amides is 2. The molecule has 1 heterocycles. The van der Waals surface area contributed by atoms with E-state index in [0.717, 1.165) is 29.7 Å². The van der Waals surface area contributed by atoms with Crippen LogP contribution in [0.4, 0.5) is 15.3 Å². The molecule has 1 saturated heterocycles. The molecule has 0 radical (unpaired) electrons. The van der Waals surface area contributed by atoms with E-state index in [4.69, 9.17) is 11.3 Å². The van der Waals surface area contributed by atoms with Gasteiger partial charge in [-0.15, -0.1) is 0 Å². The van der Waals surface area contributed by atoms with Crippen LogP contribution in [0.1, 0.15) is 24.0 Å². The van der Waals surface area contributed by atoms with Gasteiger partial charge in [0.1, 0.15) is 6.10 Å². The fourth-order valence-electron chi connectivity index (χ4n) is 3.01. The zero-order valence-corrected chi connectivity index (χ0v) is 13.7. The number of hydrogen-bond acceptors (Lipinski definition) is 4. The maximum absolute atomic E-state index is 12.1. The maximum atomic E-state index is 12.1. The molecule has 2 fully saturated rings. The third-order valence-corrected chi connectivity index (χ3v) is 4.49. The van der Waals surface area contributed by atoms with Crippen molar-refractivity contribution in [2.24, 2.45) is 0 Å². The van der Waals surface area contributed by atoms with Crippen LogP contribution in [0.2, 0.25) is 0 Å². The van der Waals surface area contributed by atoms with Crippen LogP contribution in [0.15, 0.2) is 18.2 Å². The van der Waals surface area contributed by atoms with Gasteiger partial charge in [0.25, 0.3) is 5.54 Å². The molecular formula is C17H19N3O4. The van der Waals surface area contributed by atoms with Crippen LogP contribution in [0, 0.1) is 13.5 Å². The Balaban J connectivity index is 1.71. The van der Waals surface area contributed by atoms with Gasteiger partial charge in [0.2, 0.25) is 0 Å². The topological polar surface area (TPSA) is 72.2 Å². The first-order chi connectivity index (χ1) is 11.5. The van der Waals surface area contributed by atoms with Crippen molar-refractivity contribution in [2.75, 3.05) is 25.1 Å². The first kappa shape index (κ1) is 16.1. The normalized spacial score (nSPS) is 21.0. The lowest BCUT2D eigenvalue weighted by molar-refractivity contribution is 0.132. The summed E-state index contributed by atoms with van der Waals surface area (Å²) in [6, 6.07) is 5.70. The average molecular weight is 329 g/mol. The van der Waals surface area contributed by atoms with Crippen molar-refractivity contribution in [1.82, 2.24) is 5.32 Å². The monoisotopic (exact) mass is 329 g/mol. The van der Waals surface area contributed by atoms with Crippen LogP contribution in [0.3, 0.4) is 0 Å². The molecule has 2 aliphatic rings. The Morgan fingerprint density at radius 1 is 1.54 bits per heavy atom. The Kier molecular flexibility index (Phi) is 4.06. The molecule has 126 valence electrons. The van der Waals surface area contributed by atoms with Crippen LogP contribution >= 0.6 is 0 Å². The first-order valence-corrected chi connectivity index (χ1v) is 7.79. The molecule has 1 aromatic rings. The Morgan fingerprint density at radius 3 is 2.88 bits per heavy atom. The number of methoxy groups -OCH3 is 1. The number of hydrogen-bond donors (Lipinski definition) is 1. The second-order valence-electron chi connectivity index (χ2n) is 6.13. The van der Waals surface area contributed by atoms with E-state index in [-0.39, 0.29) is 12.1 Å². The molecule has 0 aromatic heterocycles. The zero-order valence-electron chi connectivity index (χ0n) is 13.7. The summed E-state index contributed by atoms with van der Waals surface area (Å²) in [5.41, 5.74) is 2.42. The third-order valence-electron chi connectivity index (χ3n) is 4.49. The van der Waals surface area contributed by atoms with Crippen LogP contribution < -0.4 is 10.2 Å². The second kappa shape index (κ2) is 6.04. The van der Waals surface area contributed by atoms with Gasteiger partial charge in [0.05, 0.1) is 20.2 Å².